The summed E-state index contributed by atoms with van der Waals surface area (Å²) in [6.07, 6.45) is 5.44. The molecule has 0 aromatic heterocycles. The summed E-state index contributed by atoms with van der Waals surface area (Å²) in [5.74, 6) is 0.939. The van der Waals surface area contributed by atoms with Crippen LogP contribution in [0.2, 0.25) is 0 Å². The third-order valence-corrected chi connectivity index (χ3v) is 2.15. The van der Waals surface area contributed by atoms with Gasteiger partial charge < -0.3 is 5.11 Å². The average Bonchev–Trinajstić information content (AvgIpc) is 2.16. The quantitative estimate of drug-likeness (QED) is 0.747. The van der Waals surface area contributed by atoms with Gasteiger partial charge in [-0.15, -0.1) is 0 Å². The summed E-state index contributed by atoms with van der Waals surface area (Å²) < 4.78 is 0. The first-order valence-corrected chi connectivity index (χ1v) is 4.69. The molecule has 1 rings (SSSR count). The molecule has 0 aliphatic carbocycles. The Balaban J connectivity index is 2.64. The second kappa shape index (κ2) is 4.70. The van der Waals surface area contributed by atoms with Crippen molar-refractivity contribution in [2.24, 2.45) is 5.92 Å². The van der Waals surface area contributed by atoms with E-state index in [1.807, 2.05) is 12.1 Å². The zero-order chi connectivity index (χ0) is 9.68. The fraction of sp³-hybridized carbons (Fsp3) is 0.333. The van der Waals surface area contributed by atoms with E-state index in [0.717, 1.165) is 12.0 Å². The number of allylic oxidation sites excluding steroid dienone is 1. The lowest BCUT2D eigenvalue weighted by atomic mass is 10.1. The highest BCUT2D eigenvalue weighted by molar-refractivity contribution is 5.50. The minimum absolute atomic E-state index is 0.320. The molecule has 0 saturated carbocycles. The molecule has 0 fully saturated rings. The van der Waals surface area contributed by atoms with Crippen molar-refractivity contribution in [2.75, 3.05) is 0 Å². The SMILES string of the molecule is CCC(C)C=Cc1ccc(O)cc1. The van der Waals surface area contributed by atoms with Gasteiger partial charge in [0.05, 0.1) is 0 Å². The predicted octanol–water partition coefficient (Wildman–Crippen LogP) is 3.45. The molecule has 1 atom stereocenters. The third-order valence-electron chi connectivity index (χ3n) is 2.15. The van der Waals surface area contributed by atoms with E-state index in [2.05, 4.69) is 26.0 Å². The molecule has 0 aliphatic heterocycles. The van der Waals surface area contributed by atoms with E-state index in [9.17, 15) is 0 Å². The molecule has 1 heteroatoms. The van der Waals surface area contributed by atoms with Crippen molar-refractivity contribution in [3.63, 3.8) is 0 Å². The maximum absolute atomic E-state index is 9.06. The van der Waals surface area contributed by atoms with Gasteiger partial charge in [0.15, 0.2) is 0 Å². The van der Waals surface area contributed by atoms with Crippen molar-refractivity contribution in [1.82, 2.24) is 0 Å². The molecule has 1 N–H and O–H groups in total. The Morgan fingerprint density at radius 1 is 1.31 bits per heavy atom. The van der Waals surface area contributed by atoms with Gasteiger partial charge in [-0.1, -0.05) is 44.6 Å². The average molecular weight is 176 g/mol. The zero-order valence-corrected chi connectivity index (χ0v) is 8.20. The Bertz CT molecular complexity index is 272. The van der Waals surface area contributed by atoms with Gasteiger partial charge in [0.1, 0.15) is 5.75 Å². The lowest BCUT2D eigenvalue weighted by Crippen LogP contribution is -1.83. The van der Waals surface area contributed by atoms with Crippen LogP contribution in [0, 0.1) is 5.92 Å². The standard InChI is InChI=1S/C12H16O/c1-3-10(2)4-5-11-6-8-12(13)9-7-11/h4-10,13H,3H2,1-2H3. The smallest absolute Gasteiger partial charge is 0.115 e. The molecule has 0 bridgehead atoms. The first kappa shape index (κ1) is 9.85. The maximum atomic E-state index is 9.06. The monoisotopic (exact) mass is 176 g/mol. The number of hydrogen-bond acceptors (Lipinski definition) is 1. The van der Waals surface area contributed by atoms with Crippen molar-refractivity contribution in [2.45, 2.75) is 20.3 Å². The predicted molar refractivity (Wildman–Crippen MR) is 56.6 cm³/mol. The highest BCUT2D eigenvalue weighted by Crippen LogP contribution is 2.12. The van der Waals surface area contributed by atoms with Crippen molar-refractivity contribution < 1.29 is 5.11 Å². The van der Waals surface area contributed by atoms with Gasteiger partial charge in [-0.25, -0.2) is 0 Å². The van der Waals surface area contributed by atoms with Gasteiger partial charge in [-0.05, 0) is 23.6 Å². The van der Waals surface area contributed by atoms with Gasteiger partial charge in [0.25, 0.3) is 0 Å². The van der Waals surface area contributed by atoms with Crippen LogP contribution in [0.15, 0.2) is 30.3 Å². The lowest BCUT2D eigenvalue weighted by Gasteiger charge is -1.99. The van der Waals surface area contributed by atoms with Crippen LogP contribution < -0.4 is 0 Å². The van der Waals surface area contributed by atoms with Crippen LogP contribution >= 0.6 is 0 Å². The Labute approximate surface area is 79.7 Å². The molecule has 0 amide bonds. The molecule has 0 aliphatic rings. The number of benzene rings is 1. The normalized spacial score (nSPS) is 13.4. The van der Waals surface area contributed by atoms with Crippen LogP contribution in [-0.4, -0.2) is 5.11 Å². The van der Waals surface area contributed by atoms with Crippen LogP contribution in [-0.2, 0) is 0 Å². The second-order valence-corrected chi connectivity index (χ2v) is 3.34. The molecule has 1 nitrogen and oxygen atoms in total. The van der Waals surface area contributed by atoms with E-state index in [1.165, 1.54) is 0 Å². The number of phenolic OH excluding ortho intramolecular Hbond substituents is 1. The lowest BCUT2D eigenvalue weighted by molar-refractivity contribution is 0.475. The molecular weight excluding hydrogens is 160 g/mol. The Morgan fingerprint density at radius 3 is 2.46 bits per heavy atom. The van der Waals surface area contributed by atoms with Gasteiger partial charge in [-0.3, -0.25) is 0 Å². The molecule has 1 aromatic rings. The fourth-order valence-electron chi connectivity index (χ4n) is 0.997. The summed E-state index contributed by atoms with van der Waals surface area (Å²) in [4.78, 5) is 0. The highest BCUT2D eigenvalue weighted by Gasteiger charge is 1.91. The maximum Gasteiger partial charge on any atom is 0.115 e. The Kier molecular flexibility index (Phi) is 3.56. The number of hydrogen-bond donors (Lipinski definition) is 1. The molecule has 0 saturated heterocycles. The largest absolute Gasteiger partial charge is 0.508 e. The summed E-state index contributed by atoms with van der Waals surface area (Å²) >= 11 is 0. The number of phenols is 1. The minimum atomic E-state index is 0.320. The van der Waals surface area contributed by atoms with Crippen LogP contribution in [0.5, 0.6) is 5.75 Å². The third kappa shape index (κ3) is 3.32. The zero-order valence-electron chi connectivity index (χ0n) is 8.20. The van der Waals surface area contributed by atoms with E-state index in [0.29, 0.717) is 11.7 Å². The molecule has 13 heavy (non-hydrogen) atoms. The van der Waals surface area contributed by atoms with E-state index in [-0.39, 0.29) is 0 Å². The first-order chi connectivity index (χ1) is 6.22. The Morgan fingerprint density at radius 2 is 1.92 bits per heavy atom. The number of rotatable bonds is 3. The molecule has 0 spiro atoms. The second-order valence-electron chi connectivity index (χ2n) is 3.34. The van der Waals surface area contributed by atoms with Gasteiger partial charge in [0.2, 0.25) is 0 Å². The first-order valence-electron chi connectivity index (χ1n) is 4.69. The summed E-state index contributed by atoms with van der Waals surface area (Å²) in [5.41, 5.74) is 1.14. The summed E-state index contributed by atoms with van der Waals surface area (Å²) in [6.45, 7) is 4.36. The topological polar surface area (TPSA) is 20.2 Å². The van der Waals surface area contributed by atoms with Crippen LogP contribution in [0.1, 0.15) is 25.8 Å². The molecule has 1 unspecified atom stereocenters. The van der Waals surface area contributed by atoms with Crippen molar-refractivity contribution in [1.29, 1.82) is 0 Å². The van der Waals surface area contributed by atoms with Crippen LogP contribution in [0.25, 0.3) is 6.08 Å². The van der Waals surface area contributed by atoms with E-state index in [4.69, 9.17) is 5.11 Å². The Hall–Kier alpha value is -1.24. The van der Waals surface area contributed by atoms with Crippen molar-refractivity contribution in [3.05, 3.63) is 35.9 Å². The molecular formula is C12H16O. The fourth-order valence-corrected chi connectivity index (χ4v) is 0.997. The summed E-state index contributed by atoms with van der Waals surface area (Å²) in [7, 11) is 0. The summed E-state index contributed by atoms with van der Waals surface area (Å²) in [6, 6.07) is 7.23. The molecule has 0 heterocycles. The van der Waals surface area contributed by atoms with Gasteiger partial charge >= 0.3 is 0 Å². The van der Waals surface area contributed by atoms with Gasteiger partial charge in [-0.2, -0.15) is 0 Å². The van der Waals surface area contributed by atoms with E-state index in [1.54, 1.807) is 12.1 Å². The summed E-state index contributed by atoms with van der Waals surface area (Å²) in [5, 5.41) is 9.06. The van der Waals surface area contributed by atoms with E-state index >= 15 is 0 Å². The molecule has 1 aromatic carbocycles. The van der Waals surface area contributed by atoms with E-state index < -0.39 is 0 Å². The van der Waals surface area contributed by atoms with Crippen molar-refractivity contribution in [3.8, 4) is 5.75 Å². The van der Waals surface area contributed by atoms with Crippen LogP contribution in [0.3, 0.4) is 0 Å². The van der Waals surface area contributed by atoms with Crippen LogP contribution in [0.4, 0.5) is 0 Å². The minimum Gasteiger partial charge on any atom is -0.508 e. The molecule has 70 valence electrons. The number of aromatic hydroxyl groups is 1. The van der Waals surface area contributed by atoms with Gasteiger partial charge in [0, 0.05) is 0 Å². The molecule has 0 radical (unpaired) electrons. The highest BCUT2D eigenvalue weighted by atomic mass is 16.3. The van der Waals surface area contributed by atoms with Crippen molar-refractivity contribution >= 4 is 6.08 Å².